The number of hydrogen-bond donors (Lipinski definition) is 0. The fourth-order valence-electron chi connectivity index (χ4n) is 3.05. The van der Waals surface area contributed by atoms with Gasteiger partial charge in [-0.1, -0.05) is 6.07 Å². The number of hydrogen-bond acceptors (Lipinski definition) is 6. The summed E-state index contributed by atoms with van der Waals surface area (Å²) in [5, 5.41) is 3.89. The van der Waals surface area contributed by atoms with Gasteiger partial charge < -0.3 is 4.90 Å². The third-order valence-corrected chi connectivity index (χ3v) is 4.64. The first-order valence-electron chi connectivity index (χ1n) is 8.77. The fraction of sp³-hybridized carbons (Fsp3) is 0.529. The molecule has 3 rings (SSSR count). The Bertz CT molecular complexity index is 857. The zero-order chi connectivity index (χ0) is 18.5. The largest absolute Gasteiger partial charge is 0.354 e. The molecule has 0 bridgehead atoms. The normalized spacial score (nSPS) is 15.4. The number of unbranched alkanes of at least 4 members (excludes halogenated alkanes) is 1. The highest BCUT2D eigenvalue weighted by Crippen LogP contribution is 2.14. The van der Waals surface area contributed by atoms with Crippen molar-refractivity contribution in [1.29, 1.82) is 0 Å². The average Bonchev–Trinajstić information content (AvgIpc) is 2.65. The molecule has 3 heterocycles. The predicted molar refractivity (Wildman–Crippen MR) is 95.8 cm³/mol. The molecule has 140 valence electrons. The van der Waals surface area contributed by atoms with E-state index in [-0.39, 0.29) is 5.69 Å². The third kappa shape index (κ3) is 4.34. The lowest BCUT2D eigenvalue weighted by Crippen LogP contribution is -2.47. The first-order valence-corrected chi connectivity index (χ1v) is 8.77. The van der Waals surface area contributed by atoms with Crippen molar-refractivity contribution in [2.45, 2.75) is 19.4 Å². The van der Waals surface area contributed by atoms with E-state index in [1.807, 2.05) is 6.07 Å². The summed E-state index contributed by atoms with van der Waals surface area (Å²) < 4.78 is 15.6. The molecule has 0 spiro atoms. The molecule has 0 N–H and O–H groups in total. The van der Waals surface area contributed by atoms with Crippen LogP contribution in [-0.4, -0.2) is 57.0 Å². The summed E-state index contributed by atoms with van der Waals surface area (Å²) in [4.78, 5) is 31.6. The van der Waals surface area contributed by atoms with E-state index in [1.165, 1.54) is 24.0 Å². The van der Waals surface area contributed by atoms with Gasteiger partial charge >= 0.3 is 5.69 Å². The van der Waals surface area contributed by atoms with E-state index in [0.29, 0.717) is 12.4 Å². The number of anilines is 1. The lowest BCUT2D eigenvalue weighted by molar-refractivity contribution is 0.249. The Morgan fingerprint density at radius 3 is 2.54 bits per heavy atom. The lowest BCUT2D eigenvalue weighted by Gasteiger charge is -2.35. The van der Waals surface area contributed by atoms with E-state index >= 15 is 0 Å². The fourth-order valence-corrected chi connectivity index (χ4v) is 3.05. The Kier molecular flexibility index (Phi) is 5.77. The molecule has 0 atom stereocenters. The number of halogens is 1. The smallest absolute Gasteiger partial charge is 0.347 e. The van der Waals surface area contributed by atoms with Crippen LogP contribution in [0.4, 0.5) is 10.2 Å². The van der Waals surface area contributed by atoms with Crippen molar-refractivity contribution < 1.29 is 4.39 Å². The minimum Gasteiger partial charge on any atom is -0.354 e. The van der Waals surface area contributed by atoms with Crippen LogP contribution in [0.15, 0.2) is 34.0 Å². The molecule has 9 heteroatoms. The van der Waals surface area contributed by atoms with Gasteiger partial charge in [-0.2, -0.15) is 9.49 Å². The predicted octanol–water partition coefficient (Wildman–Crippen LogP) is 0.0785. The summed E-state index contributed by atoms with van der Waals surface area (Å²) in [6.07, 6.45) is 2.92. The van der Waals surface area contributed by atoms with Crippen LogP contribution < -0.4 is 16.1 Å². The van der Waals surface area contributed by atoms with Gasteiger partial charge in [-0.25, -0.2) is 14.5 Å². The number of piperazine rings is 1. The molecule has 0 aromatic carbocycles. The number of pyridine rings is 1. The molecule has 26 heavy (non-hydrogen) atoms. The molecule has 1 aliphatic rings. The van der Waals surface area contributed by atoms with Crippen molar-refractivity contribution in [3.8, 4) is 0 Å². The summed E-state index contributed by atoms with van der Waals surface area (Å²) in [7, 11) is 1.45. The van der Waals surface area contributed by atoms with Crippen LogP contribution in [0.5, 0.6) is 0 Å². The minimum atomic E-state index is -0.452. The summed E-state index contributed by atoms with van der Waals surface area (Å²) >= 11 is 0. The van der Waals surface area contributed by atoms with Crippen LogP contribution in [0.1, 0.15) is 12.8 Å². The highest BCUT2D eigenvalue weighted by molar-refractivity contribution is 5.38. The van der Waals surface area contributed by atoms with Gasteiger partial charge in [-0.3, -0.25) is 14.3 Å². The lowest BCUT2D eigenvalue weighted by atomic mass is 10.2. The Labute approximate surface area is 150 Å². The van der Waals surface area contributed by atoms with Crippen molar-refractivity contribution in [2.24, 2.45) is 7.05 Å². The molecule has 0 saturated carbocycles. The zero-order valence-corrected chi connectivity index (χ0v) is 14.8. The molecule has 1 aliphatic heterocycles. The second kappa shape index (κ2) is 8.22. The van der Waals surface area contributed by atoms with Gasteiger partial charge in [-0.05, 0) is 31.5 Å². The van der Waals surface area contributed by atoms with Gasteiger partial charge in [0, 0.05) is 39.8 Å². The van der Waals surface area contributed by atoms with Gasteiger partial charge in [0.05, 0.1) is 0 Å². The third-order valence-electron chi connectivity index (χ3n) is 4.64. The first kappa shape index (κ1) is 18.2. The monoisotopic (exact) mass is 361 g/mol. The quantitative estimate of drug-likeness (QED) is 0.536. The SMILES string of the molecule is Cn1c(=O)cnn(CCCCN2CCN(c3cccc([18F])n3)CC2)c1=O. The standard InChI is InChI=1S/C17H23FN6O2/c1-21-16(25)13-19-24(17(21)26)8-3-2-7-22-9-11-23(12-10-22)15-6-4-5-14(18)20-15/h4-6,13H,2-3,7-12H2,1H3/i18-1. The molecule has 1 fully saturated rings. The van der Waals surface area contributed by atoms with Crippen molar-refractivity contribution in [3.05, 3.63) is 51.2 Å². The van der Waals surface area contributed by atoms with Crippen LogP contribution in [-0.2, 0) is 13.6 Å². The maximum atomic E-state index is 13.2. The number of aryl methyl sites for hydroxylation is 1. The Morgan fingerprint density at radius 1 is 1.08 bits per heavy atom. The van der Waals surface area contributed by atoms with Crippen molar-refractivity contribution in [1.82, 2.24) is 24.2 Å². The molecule has 0 aliphatic carbocycles. The van der Waals surface area contributed by atoms with E-state index in [4.69, 9.17) is 0 Å². The first-order chi connectivity index (χ1) is 12.5. The maximum absolute atomic E-state index is 13.2. The van der Waals surface area contributed by atoms with E-state index < -0.39 is 11.5 Å². The Morgan fingerprint density at radius 2 is 1.81 bits per heavy atom. The zero-order valence-electron chi connectivity index (χ0n) is 14.8. The maximum Gasteiger partial charge on any atom is 0.347 e. The highest BCUT2D eigenvalue weighted by atomic mass is 18.2. The van der Waals surface area contributed by atoms with Crippen molar-refractivity contribution >= 4 is 5.82 Å². The van der Waals surface area contributed by atoms with Crippen LogP contribution >= 0.6 is 0 Å². The summed E-state index contributed by atoms with van der Waals surface area (Å²) in [5.41, 5.74) is -0.773. The molecular weight excluding hydrogens is 338 g/mol. The Hall–Kier alpha value is -2.55. The number of rotatable bonds is 6. The second-order valence-electron chi connectivity index (χ2n) is 6.40. The molecule has 0 amide bonds. The van der Waals surface area contributed by atoms with Gasteiger partial charge in [0.15, 0.2) is 0 Å². The van der Waals surface area contributed by atoms with Crippen LogP contribution in [0, 0.1) is 5.95 Å². The minimum absolute atomic E-state index is 0.381. The van der Waals surface area contributed by atoms with E-state index in [1.54, 1.807) is 6.07 Å². The van der Waals surface area contributed by atoms with Gasteiger partial charge in [0.1, 0.15) is 12.0 Å². The van der Waals surface area contributed by atoms with Gasteiger partial charge in [0.2, 0.25) is 5.95 Å². The number of aromatic nitrogens is 4. The van der Waals surface area contributed by atoms with E-state index in [0.717, 1.165) is 50.1 Å². The summed E-state index contributed by atoms with van der Waals surface area (Å²) in [6.45, 7) is 4.87. The van der Waals surface area contributed by atoms with E-state index in [2.05, 4.69) is 19.9 Å². The van der Waals surface area contributed by atoms with Gasteiger partial charge in [-0.15, -0.1) is 0 Å². The molecule has 0 unspecified atom stereocenters. The molecule has 8 nitrogen and oxygen atoms in total. The molecule has 0 radical (unpaired) electrons. The molecule has 2 aromatic rings. The summed E-state index contributed by atoms with van der Waals surface area (Å²) in [6, 6.07) is 4.86. The highest BCUT2D eigenvalue weighted by Gasteiger charge is 2.17. The van der Waals surface area contributed by atoms with Crippen LogP contribution in [0.2, 0.25) is 0 Å². The van der Waals surface area contributed by atoms with E-state index in [9.17, 15) is 14.0 Å². The number of nitrogens with zero attached hydrogens (tertiary/aromatic N) is 6. The van der Waals surface area contributed by atoms with Crippen molar-refractivity contribution in [3.63, 3.8) is 0 Å². The van der Waals surface area contributed by atoms with Crippen LogP contribution in [0.25, 0.3) is 0 Å². The second-order valence-corrected chi connectivity index (χ2v) is 6.40. The Balaban J connectivity index is 1.41. The molecular formula is C17H23FN6O2. The molecule has 2 aromatic heterocycles. The molecule has 1 saturated heterocycles. The summed E-state index contributed by atoms with van der Waals surface area (Å²) in [5.74, 6) is 0.233. The average molecular weight is 361 g/mol. The topological polar surface area (TPSA) is 76.3 Å². The van der Waals surface area contributed by atoms with Crippen molar-refractivity contribution in [2.75, 3.05) is 37.6 Å². The van der Waals surface area contributed by atoms with Gasteiger partial charge in [0.25, 0.3) is 5.56 Å². The van der Waals surface area contributed by atoms with Crippen LogP contribution in [0.3, 0.4) is 0 Å².